The number of hydrogen-bond donors (Lipinski definition) is 4. The Bertz CT molecular complexity index is 1190. The molecule has 3 heterocycles. The van der Waals surface area contributed by atoms with Gasteiger partial charge in [0.25, 0.3) is 5.91 Å². The number of pyridine rings is 1. The predicted molar refractivity (Wildman–Crippen MR) is 131 cm³/mol. The zero-order valence-corrected chi connectivity index (χ0v) is 19.4. The van der Waals surface area contributed by atoms with Crippen molar-refractivity contribution in [1.29, 1.82) is 0 Å². The molecule has 4 rings (SSSR count). The number of likely N-dealkylation sites (N-methyl/N-ethyl adjacent to an activating group) is 1. The highest BCUT2D eigenvalue weighted by Gasteiger charge is 2.38. The number of anilines is 3. The van der Waals surface area contributed by atoms with Gasteiger partial charge in [0.1, 0.15) is 16.2 Å². The van der Waals surface area contributed by atoms with Crippen molar-refractivity contribution in [2.24, 2.45) is 5.73 Å². The van der Waals surface area contributed by atoms with Crippen LogP contribution >= 0.6 is 11.3 Å². The fourth-order valence-electron chi connectivity index (χ4n) is 4.08. The predicted octanol–water partition coefficient (Wildman–Crippen LogP) is 2.39. The van der Waals surface area contributed by atoms with Crippen molar-refractivity contribution in [3.63, 3.8) is 0 Å². The molecule has 172 valence electrons. The van der Waals surface area contributed by atoms with Crippen LogP contribution in [0, 0.1) is 6.92 Å². The van der Waals surface area contributed by atoms with Crippen molar-refractivity contribution in [3.8, 4) is 10.6 Å². The van der Waals surface area contributed by atoms with Crippen LogP contribution in [0.4, 0.5) is 17.1 Å². The Kier molecular flexibility index (Phi) is 6.30. The van der Waals surface area contributed by atoms with Crippen molar-refractivity contribution >= 4 is 40.2 Å². The van der Waals surface area contributed by atoms with Crippen molar-refractivity contribution in [1.82, 2.24) is 15.3 Å². The summed E-state index contributed by atoms with van der Waals surface area (Å²) in [6.07, 6.45) is 2.86. The zero-order chi connectivity index (χ0) is 23.6. The van der Waals surface area contributed by atoms with E-state index in [1.54, 1.807) is 30.8 Å². The van der Waals surface area contributed by atoms with Gasteiger partial charge in [0.2, 0.25) is 5.91 Å². The molecule has 0 spiro atoms. The van der Waals surface area contributed by atoms with E-state index in [-0.39, 0.29) is 11.8 Å². The number of benzene rings is 1. The van der Waals surface area contributed by atoms with Crippen molar-refractivity contribution < 1.29 is 9.59 Å². The first-order valence-electron chi connectivity index (χ1n) is 10.6. The highest BCUT2D eigenvalue weighted by atomic mass is 32.1. The lowest BCUT2D eigenvalue weighted by atomic mass is 9.86. The van der Waals surface area contributed by atoms with Gasteiger partial charge in [-0.2, -0.15) is 0 Å². The molecule has 0 atom stereocenters. The summed E-state index contributed by atoms with van der Waals surface area (Å²) in [5.41, 5.74) is 15.0. The summed E-state index contributed by atoms with van der Waals surface area (Å²) >= 11 is 1.40. The van der Waals surface area contributed by atoms with Gasteiger partial charge in [0, 0.05) is 41.6 Å². The van der Waals surface area contributed by atoms with Crippen LogP contribution in [0.25, 0.3) is 10.6 Å². The first kappa shape index (κ1) is 22.7. The van der Waals surface area contributed by atoms with Crippen LogP contribution in [0.15, 0.2) is 41.9 Å². The van der Waals surface area contributed by atoms with E-state index in [1.165, 1.54) is 11.3 Å². The number of nitrogens with one attached hydrogen (secondary N) is 2. The lowest BCUT2D eigenvalue weighted by molar-refractivity contribution is -0.125. The van der Waals surface area contributed by atoms with Crippen molar-refractivity contribution in [3.05, 3.63) is 53.3 Å². The minimum Gasteiger partial charge on any atom is -0.399 e. The van der Waals surface area contributed by atoms with E-state index in [9.17, 15) is 9.59 Å². The van der Waals surface area contributed by atoms with Gasteiger partial charge in [0.15, 0.2) is 0 Å². The van der Waals surface area contributed by atoms with E-state index in [1.807, 2.05) is 25.1 Å². The fraction of sp³-hybridized carbons (Fsp3) is 0.304. The number of primary amides is 1. The number of aryl methyl sites for hydroxylation is 1. The first-order valence-corrected chi connectivity index (χ1v) is 11.5. The Balaban J connectivity index is 1.54. The number of aromatic nitrogens is 2. The molecule has 1 aliphatic heterocycles. The number of rotatable bonds is 6. The molecule has 10 heteroatoms. The molecular formula is C23H27N7O2S. The summed E-state index contributed by atoms with van der Waals surface area (Å²) in [4.78, 5) is 35.9. The smallest absolute Gasteiger partial charge is 0.275 e. The first-order chi connectivity index (χ1) is 15.8. The van der Waals surface area contributed by atoms with E-state index in [0.29, 0.717) is 43.0 Å². The maximum absolute atomic E-state index is 13.0. The molecule has 3 aromatic rings. The number of thiazole rings is 1. The molecular weight excluding hydrogens is 438 g/mol. The summed E-state index contributed by atoms with van der Waals surface area (Å²) in [5.74, 6) is -0.664. The second kappa shape index (κ2) is 9.16. The van der Waals surface area contributed by atoms with E-state index in [4.69, 9.17) is 11.5 Å². The van der Waals surface area contributed by atoms with Crippen LogP contribution in [0.5, 0.6) is 0 Å². The largest absolute Gasteiger partial charge is 0.399 e. The van der Waals surface area contributed by atoms with E-state index < -0.39 is 5.54 Å². The molecule has 0 aliphatic carbocycles. The van der Waals surface area contributed by atoms with Gasteiger partial charge in [-0.25, -0.2) is 4.98 Å². The Morgan fingerprint density at radius 2 is 1.97 bits per heavy atom. The third-order valence-corrected chi connectivity index (χ3v) is 7.03. The average molecular weight is 466 g/mol. The highest BCUT2D eigenvalue weighted by molar-refractivity contribution is 7.13. The van der Waals surface area contributed by atoms with Crippen LogP contribution in [0.1, 0.15) is 29.0 Å². The molecule has 1 aromatic carbocycles. The third-order valence-electron chi connectivity index (χ3n) is 6.15. The Hall–Kier alpha value is -3.50. The minimum atomic E-state index is -0.713. The van der Waals surface area contributed by atoms with Gasteiger partial charge >= 0.3 is 0 Å². The Morgan fingerprint density at radius 1 is 1.21 bits per heavy atom. The second-order valence-corrected chi connectivity index (χ2v) is 8.95. The minimum absolute atomic E-state index is 0.315. The molecule has 1 fully saturated rings. The Morgan fingerprint density at radius 3 is 2.64 bits per heavy atom. The quantitative estimate of drug-likeness (QED) is 0.410. The molecule has 0 saturated carbocycles. The lowest BCUT2D eigenvalue weighted by Gasteiger charge is -2.41. The summed E-state index contributed by atoms with van der Waals surface area (Å²) < 4.78 is 0. The zero-order valence-electron chi connectivity index (χ0n) is 18.6. The number of nitrogens with two attached hydrogens (primary N) is 2. The standard InChI is InChI=1S/C23H27N7O2S/c1-14-16(4-3-9-27-14)21-29-18(13-33-21)20(31)28-17-12-15(24)5-6-19(17)30-10-7-23(26-2,8-11-30)22(25)32/h3-6,9,12-13,26H,7-8,10-11,24H2,1-2H3,(H2,25,32)(H,28,31). The van der Waals surface area contributed by atoms with Gasteiger partial charge in [-0.1, -0.05) is 0 Å². The van der Waals surface area contributed by atoms with Gasteiger partial charge in [-0.3, -0.25) is 14.6 Å². The number of nitrogen functional groups attached to an aromatic ring is 1. The second-order valence-electron chi connectivity index (χ2n) is 8.09. The number of hydrogen-bond acceptors (Lipinski definition) is 8. The molecule has 2 amide bonds. The topological polar surface area (TPSA) is 139 Å². The van der Waals surface area contributed by atoms with Gasteiger partial charge in [-0.05, 0) is 57.1 Å². The Labute approximate surface area is 196 Å². The van der Waals surface area contributed by atoms with Crippen molar-refractivity contribution in [2.45, 2.75) is 25.3 Å². The number of carbonyl (C=O) groups is 2. The van der Waals surface area contributed by atoms with Crippen LogP contribution in [-0.4, -0.2) is 47.5 Å². The summed E-state index contributed by atoms with van der Waals surface area (Å²) in [6.45, 7) is 3.13. The molecule has 1 saturated heterocycles. The number of carbonyl (C=O) groups excluding carboxylic acids is 2. The van der Waals surface area contributed by atoms with Gasteiger partial charge in [-0.15, -0.1) is 11.3 Å². The third kappa shape index (κ3) is 4.53. The monoisotopic (exact) mass is 465 g/mol. The van der Waals surface area contributed by atoms with E-state index in [2.05, 4.69) is 25.5 Å². The maximum atomic E-state index is 13.0. The SMILES string of the molecule is CNC1(C(N)=O)CCN(c2ccc(N)cc2NC(=O)c2csc(-c3cccnc3C)n2)CC1. The summed E-state index contributed by atoms with van der Waals surface area (Å²) in [6, 6.07) is 9.20. The van der Waals surface area contributed by atoms with E-state index in [0.717, 1.165) is 22.0 Å². The molecule has 6 N–H and O–H groups in total. The maximum Gasteiger partial charge on any atom is 0.275 e. The fourth-order valence-corrected chi connectivity index (χ4v) is 4.95. The molecule has 9 nitrogen and oxygen atoms in total. The average Bonchev–Trinajstić information content (AvgIpc) is 3.30. The molecule has 1 aliphatic rings. The van der Waals surface area contributed by atoms with Crippen molar-refractivity contribution in [2.75, 3.05) is 36.1 Å². The van der Waals surface area contributed by atoms with Crippen LogP contribution in [-0.2, 0) is 4.79 Å². The van der Waals surface area contributed by atoms with Crippen LogP contribution < -0.4 is 27.0 Å². The van der Waals surface area contributed by atoms with Crippen LogP contribution in [0.3, 0.4) is 0 Å². The number of nitrogens with zero attached hydrogens (tertiary/aromatic N) is 3. The van der Waals surface area contributed by atoms with Gasteiger partial charge in [0.05, 0.1) is 11.4 Å². The van der Waals surface area contributed by atoms with Crippen LogP contribution in [0.2, 0.25) is 0 Å². The normalized spacial score (nSPS) is 15.3. The number of piperidine rings is 1. The highest BCUT2D eigenvalue weighted by Crippen LogP contribution is 2.33. The number of amides is 2. The summed E-state index contributed by atoms with van der Waals surface area (Å²) in [5, 5.41) is 8.52. The summed E-state index contributed by atoms with van der Waals surface area (Å²) in [7, 11) is 1.75. The molecule has 0 unspecified atom stereocenters. The molecule has 0 bridgehead atoms. The molecule has 33 heavy (non-hydrogen) atoms. The molecule has 0 radical (unpaired) electrons. The lowest BCUT2D eigenvalue weighted by Crippen LogP contribution is -2.59. The van der Waals surface area contributed by atoms with Gasteiger partial charge < -0.3 is 27.0 Å². The van der Waals surface area contributed by atoms with E-state index >= 15 is 0 Å². The molecule has 2 aromatic heterocycles.